The van der Waals surface area contributed by atoms with Crippen molar-refractivity contribution in [3.8, 4) is 0 Å². The predicted octanol–water partition coefficient (Wildman–Crippen LogP) is 3.24. The molecule has 0 spiro atoms. The molecule has 0 atom stereocenters. The number of halogens is 2. The summed E-state index contributed by atoms with van der Waals surface area (Å²) in [6.07, 6.45) is 3.66. The van der Waals surface area contributed by atoms with Gasteiger partial charge in [0.2, 0.25) is 0 Å². The molecule has 0 unspecified atom stereocenters. The van der Waals surface area contributed by atoms with Crippen LogP contribution < -0.4 is 4.90 Å². The van der Waals surface area contributed by atoms with Gasteiger partial charge in [0, 0.05) is 13.1 Å². The molecular weight excluding hydrogens is 201 g/mol. The second-order valence-corrected chi connectivity index (χ2v) is 3.50. The molecule has 1 nitrogen and oxygen atoms in total. The molecule has 3 heteroatoms. The highest BCUT2D eigenvalue weighted by Gasteiger charge is 2.13. The van der Waals surface area contributed by atoms with Crippen LogP contribution in [0, 0.1) is 5.82 Å². The molecule has 1 aliphatic rings. The molecule has 1 heterocycles. The molecule has 2 rings (SSSR count). The molecule has 1 fully saturated rings. The largest absolute Gasteiger partial charge is 0.369 e. The highest BCUT2D eigenvalue weighted by Crippen LogP contribution is 2.22. The van der Waals surface area contributed by atoms with Crippen molar-refractivity contribution in [3.63, 3.8) is 0 Å². The molecule has 0 amide bonds. The lowest BCUT2D eigenvalue weighted by Gasteiger charge is -2.28. The zero-order chi connectivity index (χ0) is 9.10. The summed E-state index contributed by atoms with van der Waals surface area (Å²) in [5.74, 6) is -0.0931. The number of anilines is 1. The summed E-state index contributed by atoms with van der Waals surface area (Å²) in [5.41, 5.74) is 0.766. The molecule has 0 bridgehead atoms. The fourth-order valence-corrected chi connectivity index (χ4v) is 1.84. The summed E-state index contributed by atoms with van der Waals surface area (Å²) < 4.78 is 13.3. The van der Waals surface area contributed by atoms with Crippen molar-refractivity contribution in [1.29, 1.82) is 0 Å². The third-order valence-corrected chi connectivity index (χ3v) is 2.55. The fraction of sp³-hybridized carbons (Fsp3) is 0.455. The van der Waals surface area contributed by atoms with E-state index in [2.05, 4.69) is 4.90 Å². The molecule has 14 heavy (non-hydrogen) atoms. The standard InChI is InChI=1S/C11H14FN.ClH/c12-10-6-2-3-7-11(10)13-8-4-1-5-9-13;/h2-3,6-7H,1,4-5,8-9H2;1H. The first-order valence-electron chi connectivity index (χ1n) is 4.87. The van der Waals surface area contributed by atoms with E-state index in [1.807, 2.05) is 12.1 Å². The molecule has 78 valence electrons. The average molecular weight is 216 g/mol. The maximum Gasteiger partial charge on any atom is 0.146 e. The second-order valence-electron chi connectivity index (χ2n) is 3.50. The van der Waals surface area contributed by atoms with Gasteiger partial charge in [0.05, 0.1) is 5.69 Å². The normalized spacial score (nSPS) is 16.2. The lowest BCUT2D eigenvalue weighted by atomic mass is 10.1. The van der Waals surface area contributed by atoms with Gasteiger partial charge in [-0.25, -0.2) is 4.39 Å². The minimum absolute atomic E-state index is 0. The first-order chi connectivity index (χ1) is 6.38. The van der Waals surface area contributed by atoms with Gasteiger partial charge in [-0.2, -0.15) is 0 Å². The summed E-state index contributed by atoms with van der Waals surface area (Å²) in [4.78, 5) is 2.14. The van der Waals surface area contributed by atoms with Crippen LogP contribution >= 0.6 is 12.4 Å². The van der Waals surface area contributed by atoms with Crippen LogP contribution in [0.3, 0.4) is 0 Å². The van der Waals surface area contributed by atoms with Gasteiger partial charge in [-0.15, -0.1) is 12.4 Å². The van der Waals surface area contributed by atoms with E-state index in [0.717, 1.165) is 18.8 Å². The van der Waals surface area contributed by atoms with Crippen LogP contribution in [0.15, 0.2) is 24.3 Å². The van der Waals surface area contributed by atoms with Crippen molar-refractivity contribution in [1.82, 2.24) is 0 Å². The maximum absolute atomic E-state index is 13.3. The Labute approximate surface area is 90.3 Å². The van der Waals surface area contributed by atoms with E-state index in [4.69, 9.17) is 0 Å². The molecule has 0 radical (unpaired) electrons. The Morgan fingerprint density at radius 3 is 2.29 bits per heavy atom. The third kappa shape index (κ3) is 2.38. The summed E-state index contributed by atoms with van der Waals surface area (Å²) >= 11 is 0. The van der Waals surface area contributed by atoms with E-state index in [1.54, 1.807) is 6.07 Å². The number of piperidine rings is 1. The van der Waals surface area contributed by atoms with E-state index in [-0.39, 0.29) is 18.2 Å². The lowest BCUT2D eigenvalue weighted by Crippen LogP contribution is -2.30. The smallest absolute Gasteiger partial charge is 0.146 e. The lowest BCUT2D eigenvalue weighted by molar-refractivity contribution is 0.557. The van der Waals surface area contributed by atoms with Crippen LogP contribution in [-0.4, -0.2) is 13.1 Å². The average Bonchev–Trinajstić information content (AvgIpc) is 2.20. The number of nitrogens with zero attached hydrogens (tertiary/aromatic N) is 1. The second kappa shape index (κ2) is 5.20. The van der Waals surface area contributed by atoms with Crippen molar-refractivity contribution < 1.29 is 4.39 Å². The Morgan fingerprint density at radius 2 is 1.64 bits per heavy atom. The molecule has 1 aliphatic heterocycles. The van der Waals surface area contributed by atoms with Crippen LogP contribution in [0.4, 0.5) is 10.1 Å². The zero-order valence-electron chi connectivity index (χ0n) is 8.08. The van der Waals surface area contributed by atoms with Crippen molar-refractivity contribution in [2.24, 2.45) is 0 Å². The van der Waals surface area contributed by atoms with Crippen molar-refractivity contribution in [2.75, 3.05) is 18.0 Å². The molecule has 1 saturated heterocycles. The topological polar surface area (TPSA) is 3.24 Å². The quantitative estimate of drug-likeness (QED) is 0.695. The highest BCUT2D eigenvalue weighted by molar-refractivity contribution is 5.85. The van der Waals surface area contributed by atoms with Crippen LogP contribution in [0.5, 0.6) is 0 Å². The number of rotatable bonds is 1. The van der Waals surface area contributed by atoms with Crippen LogP contribution in [0.25, 0.3) is 0 Å². The molecule has 0 N–H and O–H groups in total. The predicted molar refractivity (Wildman–Crippen MR) is 59.7 cm³/mol. The van der Waals surface area contributed by atoms with Gasteiger partial charge in [-0.1, -0.05) is 12.1 Å². The van der Waals surface area contributed by atoms with E-state index < -0.39 is 0 Å². The van der Waals surface area contributed by atoms with Gasteiger partial charge in [0.25, 0.3) is 0 Å². The Kier molecular flexibility index (Phi) is 4.21. The number of hydrogen-bond acceptors (Lipinski definition) is 1. The van der Waals surface area contributed by atoms with Crippen LogP contribution in [0.2, 0.25) is 0 Å². The van der Waals surface area contributed by atoms with Crippen molar-refractivity contribution in [2.45, 2.75) is 19.3 Å². The molecule has 1 aromatic carbocycles. The van der Waals surface area contributed by atoms with E-state index in [9.17, 15) is 4.39 Å². The van der Waals surface area contributed by atoms with Crippen LogP contribution in [0.1, 0.15) is 19.3 Å². The van der Waals surface area contributed by atoms with E-state index in [0.29, 0.717) is 0 Å². The Hall–Kier alpha value is -0.760. The Morgan fingerprint density at radius 1 is 1.00 bits per heavy atom. The van der Waals surface area contributed by atoms with Gasteiger partial charge >= 0.3 is 0 Å². The zero-order valence-corrected chi connectivity index (χ0v) is 8.89. The van der Waals surface area contributed by atoms with Crippen LogP contribution in [-0.2, 0) is 0 Å². The fourth-order valence-electron chi connectivity index (χ4n) is 1.84. The number of para-hydroxylation sites is 1. The maximum atomic E-state index is 13.3. The van der Waals surface area contributed by atoms with Gasteiger partial charge in [0.15, 0.2) is 0 Å². The minimum Gasteiger partial charge on any atom is -0.369 e. The number of hydrogen-bond donors (Lipinski definition) is 0. The van der Waals surface area contributed by atoms with Gasteiger partial charge in [-0.05, 0) is 31.4 Å². The molecule has 1 aromatic rings. The third-order valence-electron chi connectivity index (χ3n) is 2.55. The van der Waals surface area contributed by atoms with E-state index in [1.165, 1.54) is 25.3 Å². The summed E-state index contributed by atoms with van der Waals surface area (Å²) in [5, 5.41) is 0. The first kappa shape index (κ1) is 11.3. The summed E-state index contributed by atoms with van der Waals surface area (Å²) in [6.45, 7) is 2.00. The minimum atomic E-state index is -0.0931. The molecular formula is C11H15ClFN. The SMILES string of the molecule is Cl.Fc1ccccc1N1CCCCC1. The van der Waals surface area contributed by atoms with E-state index >= 15 is 0 Å². The Bertz CT molecular complexity index is 284. The van der Waals surface area contributed by atoms with Gasteiger partial charge in [-0.3, -0.25) is 0 Å². The number of benzene rings is 1. The molecule has 0 aromatic heterocycles. The monoisotopic (exact) mass is 215 g/mol. The van der Waals surface area contributed by atoms with Gasteiger partial charge in [0.1, 0.15) is 5.82 Å². The van der Waals surface area contributed by atoms with Crippen molar-refractivity contribution in [3.05, 3.63) is 30.1 Å². The summed E-state index contributed by atoms with van der Waals surface area (Å²) in [7, 11) is 0. The highest BCUT2D eigenvalue weighted by atomic mass is 35.5. The first-order valence-corrected chi connectivity index (χ1v) is 4.87. The molecule has 0 saturated carbocycles. The molecule has 0 aliphatic carbocycles. The van der Waals surface area contributed by atoms with Crippen molar-refractivity contribution >= 4 is 18.1 Å². The van der Waals surface area contributed by atoms with Gasteiger partial charge < -0.3 is 4.90 Å². The summed E-state index contributed by atoms with van der Waals surface area (Å²) in [6, 6.07) is 7.03. The Balaban J connectivity index is 0.000000980.